The van der Waals surface area contributed by atoms with Crippen LogP contribution in [0.2, 0.25) is 0 Å². The Morgan fingerprint density at radius 2 is 1.36 bits per heavy atom. The highest BCUT2D eigenvalue weighted by molar-refractivity contribution is 5.54. The van der Waals surface area contributed by atoms with Crippen molar-refractivity contribution in [3.05, 3.63) is 23.8 Å². The number of ether oxygens (including phenoxy) is 2. The molecule has 0 fully saturated rings. The van der Waals surface area contributed by atoms with E-state index in [1.165, 1.54) is 77.0 Å². The Labute approximate surface area is 173 Å². The van der Waals surface area contributed by atoms with E-state index in [2.05, 4.69) is 6.92 Å². The minimum atomic E-state index is 0.0561. The number of para-hydroxylation sites is 1. The van der Waals surface area contributed by atoms with Gasteiger partial charge in [0, 0.05) is 0 Å². The molecule has 0 radical (unpaired) electrons. The molecule has 0 atom stereocenters. The van der Waals surface area contributed by atoms with Crippen molar-refractivity contribution >= 4 is 6.47 Å². The van der Waals surface area contributed by atoms with Crippen LogP contribution in [-0.4, -0.2) is 12.6 Å². The van der Waals surface area contributed by atoms with E-state index in [9.17, 15) is 4.79 Å². The third-order valence-corrected chi connectivity index (χ3v) is 5.14. The zero-order chi connectivity index (χ0) is 20.5. The van der Waals surface area contributed by atoms with E-state index in [1.807, 2.05) is 32.0 Å². The van der Waals surface area contributed by atoms with Crippen LogP contribution in [0.1, 0.15) is 110 Å². The second-order valence-electron chi connectivity index (χ2n) is 8.12. The van der Waals surface area contributed by atoms with Crippen LogP contribution in [0, 0.1) is 0 Å². The Bertz CT molecular complexity index is 511. The first kappa shape index (κ1) is 24.5. The van der Waals surface area contributed by atoms with Crippen LogP contribution in [0.3, 0.4) is 0 Å². The predicted molar refractivity (Wildman–Crippen MR) is 118 cm³/mol. The van der Waals surface area contributed by atoms with Crippen LogP contribution in [0.4, 0.5) is 0 Å². The first-order valence-corrected chi connectivity index (χ1v) is 11.6. The average Bonchev–Trinajstić information content (AvgIpc) is 2.67. The van der Waals surface area contributed by atoms with Gasteiger partial charge >= 0.3 is 0 Å². The number of aryl methyl sites for hydroxylation is 1. The summed E-state index contributed by atoms with van der Waals surface area (Å²) in [5.41, 5.74) is 1.06. The minimum Gasteiger partial charge on any atom is -0.487 e. The molecule has 0 saturated heterocycles. The van der Waals surface area contributed by atoms with Crippen molar-refractivity contribution in [3.63, 3.8) is 0 Å². The summed E-state index contributed by atoms with van der Waals surface area (Å²) < 4.78 is 11.0. The van der Waals surface area contributed by atoms with Gasteiger partial charge in [0.2, 0.25) is 0 Å². The Kier molecular flexibility index (Phi) is 14.4. The van der Waals surface area contributed by atoms with E-state index in [4.69, 9.17) is 9.47 Å². The summed E-state index contributed by atoms with van der Waals surface area (Å²) in [5, 5.41) is 0. The van der Waals surface area contributed by atoms with Crippen LogP contribution in [0.25, 0.3) is 0 Å². The number of benzene rings is 1. The first-order chi connectivity index (χ1) is 13.7. The molecular weight excluding hydrogens is 348 g/mol. The number of carbonyl (C=O) groups excluding carboxylic acids is 1. The number of rotatable bonds is 18. The van der Waals surface area contributed by atoms with Crippen molar-refractivity contribution in [2.75, 3.05) is 0 Å². The Morgan fingerprint density at radius 3 is 1.86 bits per heavy atom. The second kappa shape index (κ2) is 16.4. The maximum Gasteiger partial charge on any atom is 0.298 e. The molecule has 1 aromatic rings. The van der Waals surface area contributed by atoms with Gasteiger partial charge in [0.1, 0.15) is 0 Å². The van der Waals surface area contributed by atoms with Crippen LogP contribution in [0.5, 0.6) is 11.5 Å². The Morgan fingerprint density at radius 1 is 0.821 bits per heavy atom. The molecule has 0 saturated carbocycles. The SMILES string of the molecule is CCCCCCCCCCCCCCCc1cccc(OC(C)C)c1OC=O. The van der Waals surface area contributed by atoms with Gasteiger partial charge < -0.3 is 9.47 Å². The summed E-state index contributed by atoms with van der Waals surface area (Å²) >= 11 is 0. The average molecular weight is 391 g/mol. The highest BCUT2D eigenvalue weighted by Crippen LogP contribution is 2.33. The van der Waals surface area contributed by atoms with Gasteiger partial charge in [-0.2, -0.15) is 0 Å². The number of unbranched alkanes of at least 4 members (excludes halogenated alkanes) is 12. The molecular formula is C25H42O3. The van der Waals surface area contributed by atoms with Gasteiger partial charge in [-0.15, -0.1) is 0 Å². The van der Waals surface area contributed by atoms with Crippen molar-refractivity contribution < 1.29 is 14.3 Å². The summed E-state index contributed by atoms with van der Waals surface area (Å²) in [5.74, 6) is 1.25. The largest absolute Gasteiger partial charge is 0.487 e. The Hall–Kier alpha value is -1.51. The fraction of sp³-hybridized carbons (Fsp3) is 0.720. The van der Waals surface area contributed by atoms with Gasteiger partial charge in [0.05, 0.1) is 6.10 Å². The van der Waals surface area contributed by atoms with Gasteiger partial charge in [0.25, 0.3) is 6.47 Å². The molecule has 1 aromatic carbocycles. The first-order valence-electron chi connectivity index (χ1n) is 11.6. The molecule has 3 nitrogen and oxygen atoms in total. The summed E-state index contributed by atoms with van der Waals surface area (Å²) in [4.78, 5) is 10.9. The zero-order valence-corrected chi connectivity index (χ0v) is 18.5. The van der Waals surface area contributed by atoms with Crippen LogP contribution >= 0.6 is 0 Å². The second-order valence-corrected chi connectivity index (χ2v) is 8.12. The number of hydrogen-bond acceptors (Lipinski definition) is 3. The molecule has 0 amide bonds. The molecule has 0 aliphatic carbocycles. The molecule has 0 aliphatic heterocycles. The molecule has 0 N–H and O–H groups in total. The highest BCUT2D eigenvalue weighted by atomic mass is 16.5. The topological polar surface area (TPSA) is 35.5 Å². The van der Waals surface area contributed by atoms with Gasteiger partial charge in [-0.1, -0.05) is 96.1 Å². The molecule has 0 aromatic heterocycles. The summed E-state index contributed by atoms with van der Waals surface area (Å²) in [6, 6.07) is 5.88. The predicted octanol–water partition coefficient (Wildman–Crippen LogP) is 7.64. The standard InChI is InChI=1S/C25H42O3/c1-4-5-6-7-8-9-10-11-12-13-14-15-16-18-23-19-17-20-24(28-22(2)3)25(23)27-21-26/h17,19-22H,4-16,18H2,1-3H3. The fourth-order valence-electron chi connectivity index (χ4n) is 3.62. The fourth-order valence-corrected chi connectivity index (χ4v) is 3.62. The minimum absolute atomic E-state index is 0.0561. The smallest absolute Gasteiger partial charge is 0.298 e. The molecule has 0 aliphatic rings. The summed E-state index contributed by atoms with van der Waals surface area (Å²) in [6.07, 6.45) is 18.5. The lowest BCUT2D eigenvalue weighted by atomic mass is 10.0. The summed E-state index contributed by atoms with van der Waals surface area (Å²) in [6.45, 7) is 6.72. The van der Waals surface area contributed by atoms with E-state index in [1.54, 1.807) is 0 Å². The molecule has 0 bridgehead atoms. The molecule has 3 heteroatoms. The monoisotopic (exact) mass is 390 g/mol. The molecule has 1 rings (SSSR count). The van der Waals surface area contributed by atoms with Gasteiger partial charge in [-0.3, -0.25) is 4.79 Å². The lowest BCUT2D eigenvalue weighted by molar-refractivity contribution is -0.120. The molecule has 0 spiro atoms. The van der Waals surface area contributed by atoms with Crippen molar-refractivity contribution in [1.29, 1.82) is 0 Å². The van der Waals surface area contributed by atoms with Crippen molar-refractivity contribution in [2.45, 2.75) is 117 Å². The van der Waals surface area contributed by atoms with Crippen LogP contribution < -0.4 is 9.47 Å². The maximum atomic E-state index is 10.9. The van der Waals surface area contributed by atoms with E-state index < -0.39 is 0 Å². The number of carbonyl (C=O) groups is 1. The van der Waals surface area contributed by atoms with Crippen LogP contribution in [-0.2, 0) is 11.2 Å². The molecule has 0 heterocycles. The number of hydrogen-bond donors (Lipinski definition) is 0. The van der Waals surface area contributed by atoms with Crippen molar-refractivity contribution in [2.24, 2.45) is 0 Å². The van der Waals surface area contributed by atoms with E-state index in [0.29, 0.717) is 18.0 Å². The van der Waals surface area contributed by atoms with Crippen molar-refractivity contribution in [3.8, 4) is 11.5 Å². The third kappa shape index (κ3) is 11.4. The van der Waals surface area contributed by atoms with E-state index in [0.717, 1.165) is 18.4 Å². The van der Waals surface area contributed by atoms with E-state index >= 15 is 0 Å². The Balaban J connectivity index is 2.15. The molecule has 28 heavy (non-hydrogen) atoms. The van der Waals surface area contributed by atoms with Gasteiger partial charge in [-0.25, -0.2) is 0 Å². The molecule has 0 unspecified atom stereocenters. The van der Waals surface area contributed by atoms with Crippen LogP contribution in [0.15, 0.2) is 18.2 Å². The zero-order valence-electron chi connectivity index (χ0n) is 18.5. The van der Waals surface area contributed by atoms with E-state index in [-0.39, 0.29) is 6.10 Å². The lowest BCUT2D eigenvalue weighted by Crippen LogP contribution is -2.08. The normalized spacial score (nSPS) is 11.0. The quantitative estimate of drug-likeness (QED) is 0.191. The maximum absolute atomic E-state index is 10.9. The summed E-state index contributed by atoms with van der Waals surface area (Å²) in [7, 11) is 0. The van der Waals surface area contributed by atoms with Crippen molar-refractivity contribution in [1.82, 2.24) is 0 Å². The van der Waals surface area contributed by atoms with Gasteiger partial charge in [0.15, 0.2) is 11.5 Å². The van der Waals surface area contributed by atoms with Gasteiger partial charge in [-0.05, 0) is 38.3 Å². The lowest BCUT2D eigenvalue weighted by Gasteiger charge is -2.15. The highest BCUT2D eigenvalue weighted by Gasteiger charge is 2.12. The molecule has 160 valence electrons. The third-order valence-electron chi connectivity index (χ3n) is 5.14.